The molecule has 106 valence electrons. The van der Waals surface area contributed by atoms with Crippen LogP contribution in [0.5, 0.6) is 0 Å². The van der Waals surface area contributed by atoms with Gasteiger partial charge < -0.3 is 9.84 Å². The van der Waals surface area contributed by atoms with E-state index in [0.29, 0.717) is 18.1 Å². The Morgan fingerprint density at radius 3 is 3.15 bits per heavy atom. The normalized spacial score (nSPS) is 19.8. The quantitative estimate of drug-likeness (QED) is 0.935. The first kappa shape index (κ1) is 13.2. The maximum absolute atomic E-state index is 13.1. The minimum Gasteiger partial charge on any atom is -0.338 e. The lowest BCUT2D eigenvalue weighted by Crippen LogP contribution is -2.20. The van der Waals surface area contributed by atoms with Gasteiger partial charge in [-0.3, -0.25) is 0 Å². The number of nitrogens with zero attached hydrogens (tertiary/aromatic N) is 2. The number of halogens is 1. The van der Waals surface area contributed by atoms with Crippen molar-refractivity contribution < 1.29 is 8.91 Å². The van der Waals surface area contributed by atoms with Crippen molar-refractivity contribution in [1.82, 2.24) is 15.5 Å². The zero-order valence-electron chi connectivity index (χ0n) is 11.3. The first-order valence-corrected chi connectivity index (χ1v) is 7.11. The van der Waals surface area contributed by atoms with Crippen molar-refractivity contribution >= 4 is 0 Å². The lowest BCUT2D eigenvalue weighted by atomic mass is 10.1. The van der Waals surface area contributed by atoms with Gasteiger partial charge in [0.25, 0.3) is 0 Å². The lowest BCUT2D eigenvalue weighted by molar-refractivity contribution is 0.325. The van der Waals surface area contributed by atoms with Crippen LogP contribution >= 0.6 is 0 Å². The fourth-order valence-corrected chi connectivity index (χ4v) is 2.55. The van der Waals surface area contributed by atoms with Gasteiger partial charge in [0.05, 0.1) is 6.04 Å². The Kier molecular flexibility index (Phi) is 4.06. The van der Waals surface area contributed by atoms with Gasteiger partial charge in [-0.15, -0.1) is 0 Å². The summed E-state index contributed by atoms with van der Waals surface area (Å²) >= 11 is 0. The number of nitrogens with one attached hydrogen (secondary N) is 1. The highest BCUT2D eigenvalue weighted by molar-refractivity contribution is 5.19. The largest absolute Gasteiger partial charge is 0.338 e. The van der Waals surface area contributed by atoms with Crippen LogP contribution < -0.4 is 5.32 Å². The van der Waals surface area contributed by atoms with Gasteiger partial charge in [-0.05, 0) is 37.1 Å². The predicted molar refractivity (Wildman–Crippen MR) is 72.7 cm³/mol. The summed E-state index contributed by atoms with van der Waals surface area (Å²) in [4.78, 5) is 4.44. The molecule has 1 saturated heterocycles. The van der Waals surface area contributed by atoms with Crippen molar-refractivity contribution in [2.75, 3.05) is 6.54 Å². The molecule has 20 heavy (non-hydrogen) atoms. The highest BCUT2D eigenvalue weighted by Crippen LogP contribution is 2.21. The van der Waals surface area contributed by atoms with Gasteiger partial charge in [-0.2, -0.15) is 4.98 Å². The highest BCUT2D eigenvalue weighted by Gasteiger charge is 2.20. The summed E-state index contributed by atoms with van der Waals surface area (Å²) in [7, 11) is 0. The number of aromatic nitrogens is 2. The van der Waals surface area contributed by atoms with E-state index in [0.717, 1.165) is 18.5 Å². The fourth-order valence-electron chi connectivity index (χ4n) is 2.55. The van der Waals surface area contributed by atoms with Crippen LogP contribution in [-0.2, 0) is 6.42 Å². The molecular formula is C15H18FN3O. The third-order valence-electron chi connectivity index (χ3n) is 3.59. The third-order valence-corrected chi connectivity index (χ3v) is 3.59. The Morgan fingerprint density at radius 1 is 1.30 bits per heavy atom. The van der Waals surface area contributed by atoms with Gasteiger partial charge in [-0.25, -0.2) is 4.39 Å². The number of hydrogen-bond acceptors (Lipinski definition) is 4. The topological polar surface area (TPSA) is 51.0 Å². The van der Waals surface area contributed by atoms with Crippen molar-refractivity contribution in [1.29, 1.82) is 0 Å². The van der Waals surface area contributed by atoms with E-state index in [1.54, 1.807) is 6.07 Å². The van der Waals surface area contributed by atoms with Crippen molar-refractivity contribution in [3.8, 4) is 0 Å². The average molecular weight is 275 g/mol. The summed E-state index contributed by atoms with van der Waals surface area (Å²) < 4.78 is 18.5. The molecule has 3 rings (SSSR count). The van der Waals surface area contributed by atoms with Gasteiger partial charge in [0.1, 0.15) is 5.82 Å². The molecule has 5 heteroatoms. The summed E-state index contributed by atoms with van der Waals surface area (Å²) in [5.41, 5.74) is 0.853. The minimum absolute atomic E-state index is 0.159. The Balaban J connectivity index is 1.70. The molecule has 1 aromatic heterocycles. The van der Waals surface area contributed by atoms with Crippen LogP contribution in [0.25, 0.3) is 0 Å². The molecule has 0 bridgehead atoms. The number of hydrogen-bond donors (Lipinski definition) is 1. The van der Waals surface area contributed by atoms with E-state index in [4.69, 9.17) is 4.52 Å². The molecule has 1 atom stereocenters. The third kappa shape index (κ3) is 3.22. The van der Waals surface area contributed by atoms with E-state index < -0.39 is 0 Å². The SMILES string of the molecule is Fc1cccc(Cc2noc(C3CCCCCN3)n2)c1. The van der Waals surface area contributed by atoms with Crippen LogP contribution in [-0.4, -0.2) is 16.7 Å². The Labute approximate surface area is 117 Å². The molecule has 2 heterocycles. The zero-order chi connectivity index (χ0) is 13.8. The van der Waals surface area contributed by atoms with Crippen LogP contribution in [0.3, 0.4) is 0 Å². The van der Waals surface area contributed by atoms with E-state index >= 15 is 0 Å². The fraction of sp³-hybridized carbons (Fsp3) is 0.467. The molecule has 0 saturated carbocycles. The summed E-state index contributed by atoms with van der Waals surface area (Å²) in [6.45, 7) is 0.992. The second kappa shape index (κ2) is 6.13. The first-order valence-electron chi connectivity index (χ1n) is 7.11. The molecule has 1 aromatic carbocycles. The molecule has 4 nitrogen and oxygen atoms in total. The molecular weight excluding hydrogens is 257 g/mol. The zero-order valence-corrected chi connectivity index (χ0v) is 11.3. The van der Waals surface area contributed by atoms with Crippen LogP contribution in [0.1, 0.15) is 49.0 Å². The first-order chi connectivity index (χ1) is 9.81. The van der Waals surface area contributed by atoms with Crippen molar-refractivity contribution in [3.63, 3.8) is 0 Å². The van der Waals surface area contributed by atoms with E-state index in [9.17, 15) is 4.39 Å². The Hall–Kier alpha value is -1.75. The van der Waals surface area contributed by atoms with E-state index in [1.807, 2.05) is 6.07 Å². The molecule has 1 fully saturated rings. The van der Waals surface area contributed by atoms with Gasteiger partial charge in [0.15, 0.2) is 5.82 Å². The minimum atomic E-state index is -0.239. The standard InChI is InChI=1S/C15H18FN3O/c16-12-6-4-5-11(9-12)10-14-18-15(20-19-14)13-7-2-1-3-8-17-13/h4-6,9,13,17H,1-3,7-8,10H2. The van der Waals surface area contributed by atoms with E-state index in [-0.39, 0.29) is 11.9 Å². The molecule has 1 aliphatic rings. The van der Waals surface area contributed by atoms with Gasteiger partial charge in [-0.1, -0.05) is 30.1 Å². The second-order valence-electron chi connectivity index (χ2n) is 5.21. The maximum Gasteiger partial charge on any atom is 0.243 e. The van der Waals surface area contributed by atoms with Gasteiger partial charge in [0.2, 0.25) is 5.89 Å². The van der Waals surface area contributed by atoms with Gasteiger partial charge >= 0.3 is 0 Å². The molecule has 2 aromatic rings. The van der Waals surface area contributed by atoms with Crippen molar-refractivity contribution in [3.05, 3.63) is 47.4 Å². The Bertz CT molecular complexity index is 562. The summed E-state index contributed by atoms with van der Waals surface area (Å²) in [6.07, 6.45) is 5.14. The highest BCUT2D eigenvalue weighted by atomic mass is 19.1. The average Bonchev–Trinajstić information content (AvgIpc) is 2.73. The van der Waals surface area contributed by atoms with Crippen LogP contribution in [0.4, 0.5) is 4.39 Å². The smallest absolute Gasteiger partial charge is 0.243 e. The molecule has 0 spiro atoms. The molecule has 1 aliphatic heterocycles. The maximum atomic E-state index is 13.1. The number of benzene rings is 1. The Morgan fingerprint density at radius 2 is 2.25 bits per heavy atom. The summed E-state index contributed by atoms with van der Waals surface area (Å²) in [6, 6.07) is 6.65. The second-order valence-corrected chi connectivity index (χ2v) is 5.21. The van der Waals surface area contributed by atoms with E-state index in [2.05, 4.69) is 15.5 Å². The molecule has 0 amide bonds. The molecule has 1 unspecified atom stereocenters. The molecule has 0 aliphatic carbocycles. The van der Waals surface area contributed by atoms with E-state index in [1.165, 1.54) is 31.4 Å². The molecule has 1 N–H and O–H groups in total. The van der Waals surface area contributed by atoms with Crippen LogP contribution in [0.2, 0.25) is 0 Å². The van der Waals surface area contributed by atoms with Crippen LogP contribution in [0.15, 0.2) is 28.8 Å². The van der Waals surface area contributed by atoms with Crippen molar-refractivity contribution in [2.24, 2.45) is 0 Å². The van der Waals surface area contributed by atoms with Crippen LogP contribution in [0, 0.1) is 5.82 Å². The monoisotopic (exact) mass is 275 g/mol. The van der Waals surface area contributed by atoms with Crippen molar-refractivity contribution in [2.45, 2.75) is 38.1 Å². The summed E-state index contributed by atoms with van der Waals surface area (Å²) in [5, 5.41) is 7.43. The van der Waals surface area contributed by atoms with Gasteiger partial charge in [0, 0.05) is 6.42 Å². The predicted octanol–water partition coefficient (Wildman–Crippen LogP) is 3.00. The number of rotatable bonds is 3. The molecule has 0 radical (unpaired) electrons. The lowest BCUT2D eigenvalue weighted by Gasteiger charge is -2.09. The summed E-state index contributed by atoms with van der Waals surface area (Å²) in [5.74, 6) is 1.02.